The summed E-state index contributed by atoms with van der Waals surface area (Å²) in [7, 11) is 0. The van der Waals surface area contributed by atoms with E-state index < -0.39 is 6.10 Å². The summed E-state index contributed by atoms with van der Waals surface area (Å²) < 4.78 is 5.72. The maximum Gasteiger partial charge on any atom is 0.265 e. The monoisotopic (exact) mass is 344 g/mol. The van der Waals surface area contributed by atoms with Gasteiger partial charge in [-0.25, -0.2) is 0 Å². The summed E-state index contributed by atoms with van der Waals surface area (Å²) in [6.45, 7) is 3.09. The van der Waals surface area contributed by atoms with Gasteiger partial charge in [0.25, 0.3) is 5.91 Å². The normalized spacial score (nSPS) is 11.5. The van der Waals surface area contributed by atoms with E-state index in [2.05, 4.69) is 10.6 Å². The van der Waals surface area contributed by atoms with Crippen molar-refractivity contribution in [3.8, 4) is 5.75 Å². The summed E-state index contributed by atoms with van der Waals surface area (Å²) in [5.74, 6) is -0.000294. The largest absolute Gasteiger partial charge is 0.479 e. The van der Waals surface area contributed by atoms with E-state index in [-0.39, 0.29) is 11.8 Å². The molecule has 2 aromatic rings. The van der Waals surface area contributed by atoms with E-state index in [9.17, 15) is 9.59 Å². The Kier molecular flexibility index (Phi) is 6.26. The Morgan fingerprint density at radius 3 is 2.29 bits per heavy atom. The number of anilines is 2. The number of thioether (sulfide) groups is 1. The third kappa shape index (κ3) is 4.76. The van der Waals surface area contributed by atoms with Gasteiger partial charge in [0, 0.05) is 11.8 Å². The fraction of sp³-hybridized carbons (Fsp3) is 0.222. The van der Waals surface area contributed by atoms with E-state index in [1.54, 1.807) is 43.0 Å². The van der Waals surface area contributed by atoms with E-state index >= 15 is 0 Å². The number of amides is 2. The number of benzene rings is 2. The third-order valence-electron chi connectivity index (χ3n) is 3.24. The van der Waals surface area contributed by atoms with Crippen molar-refractivity contribution >= 4 is 35.0 Å². The number of hydrogen-bond acceptors (Lipinski definition) is 4. The molecule has 126 valence electrons. The lowest BCUT2D eigenvalue weighted by Gasteiger charge is -2.18. The highest BCUT2D eigenvalue weighted by molar-refractivity contribution is 7.98. The highest BCUT2D eigenvalue weighted by Crippen LogP contribution is 2.27. The number of rotatable bonds is 6. The quantitative estimate of drug-likeness (QED) is 0.783. The first-order chi connectivity index (χ1) is 11.5. The predicted molar refractivity (Wildman–Crippen MR) is 97.7 cm³/mol. The Morgan fingerprint density at radius 2 is 1.62 bits per heavy atom. The summed E-state index contributed by atoms with van der Waals surface area (Å²) in [5, 5.41) is 5.56. The lowest BCUT2D eigenvalue weighted by molar-refractivity contribution is -0.122. The van der Waals surface area contributed by atoms with Crippen LogP contribution in [0.4, 0.5) is 11.4 Å². The van der Waals surface area contributed by atoms with Gasteiger partial charge in [-0.3, -0.25) is 9.59 Å². The Balaban J connectivity index is 2.08. The number of ether oxygens (including phenoxy) is 1. The molecule has 0 fully saturated rings. The van der Waals surface area contributed by atoms with Gasteiger partial charge in [0.2, 0.25) is 5.91 Å². The zero-order valence-electron chi connectivity index (χ0n) is 13.8. The van der Waals surface area contributed by atoms with Gasteiger partial charge in [-0.15, -0.1) is 11.8 Å². The molecule has 0 spiro atoms. The van der Waals surface area contributed by atoms with Crippen LogP contribution in [0.3, 0.4) is 0 Å². The van der Waals surface area contributed by atoms with Gasteiger partial charge in [0.05, 0.1) is 11.4 Å². The van der Waals surface area contributed by atoms with Crippen molar-refractivity contribution in [3.05, 3.63) is 48.5 Å². The van der Waals surface area contributed by atoms with E-state index in [1.807, 2.05) is 30.5 Å². The lowest BCUT2D eigenvalue weighted by atomic mass is 10.2. The molecule has 1 atom stereocenters. The first-order valence-corrected chi connectivity index (χ1v) is 8.71. The first kappa shape index (κ1) is 17.9. The highest BCUT2D eigenvalue weighted by atomic mass is 32.2. The molecule has 0 bridgehead atoms. The zero-order chi connectivity index (χ0) is 17.5. The first-order valence-electron chi connectivity index (χ1n) is 7.48. The molecule has 0 aliphatic carbocycles. The van der Waals surface area contributed by atoms with Crippen LogP contribution >= 0.6 is 11.8 Å². The van der Waals surface area contributed by atoms with Crippen molar-refractivity contribution in [1.29, 1.82) is 0 Å². The maximum absolute atomic E-state index is 12.4. The van der Waals surface area contributed by atoms with Crippen molar-refractivity contribution in [1.82, 2.24) is 0 Å². The molecule has 5 nitrogen and oxygen atoms in total. The van der Waals surface area contributed by atoms with Crippen LogP contribution in [-0.4, -0.2) is 24.2 Å². The predicted octanol–water partition coefficient (Wildman–Crippen LogP) is 3.77. The number of hydrogen-bond donors (Lipinski definition) is 2. The molecule has 6 heteroatoms. The molecule has 0 radical (unpaired) electrons. The van der Waals surface area contributed by atoms with E-state index in [1.165, 1.54) is 6.92 Å². The summed E-state index contributed by atoms with van der Waals surface area (Å²) in [4.78, 5) is 24.6. The number of carbonyl (C=O) groups is 2. The van der Waals surface area contributed by atoms with Crippen LogP contribution in [0.5, 0.6) is 5.75 Å². The Labute approximate surface area is 145 Å². The number of nitrogens with one attached hydrogen (secondary N) is 2. The summed E-state index contributed by atoms with van der Waals surface area (Å²) in [6, 6.07) is 14.6. The van der Waals surface area contributed by atoms with Crippen molar-refractivity contribution < 1.29 is 14.3 Å². The van der Waals surface area contributed by atoms with Gasteiger partial charge in [-0.05, 0) is 37.4 Å². The SMILES string of the molecule is CSc1ccccc1NC(=O)[C@@H](C)Oc1ccccc1NC(C)=O. The molecule has 0 aliphatic rings. The maximum atomic E-state index is 12.4. The van der Waals surface area contributed by atoms with Crippen molar-refractivity contribution in [3.63, 3.8) is 0 Å². The molecular formula is C18H20N2O3S. The molecule has 0 saturated heterocycles. The Bertz CT molecular complexity index is 734. The molecule has 0 aliphatic heterocycles. The molecule has 2 aromatic carbocycles. The minimum absolute atomic E-state index is 0.197. The molecular weight excluding hydrogens is 324 g/mol. The molecule has 0 aromatic heterocycles. The summed E-state index contributed by atoms with van der Waals surface area (Å²) in [6.07, 6.45) is 1.24. The van der Waals surface area contributed by atoms with Crippen LogP contribution in [-0.2, 0) is 9.59 Å². The molecule has 0 saturated carbocycles. The van der Waals surface area contributed by atoms with Crippen LogP contribution in [0.2, 0.25) is 0 Å². The smallest absolute Gasteiger partial charge is 0.265 e. The average molecular weight is 344 g/mol. The fourth-order valence-electron chi connectivity index (χ4n) is 2.09. The number of carbonyl (C=O) groups excluding carboxylic acids is 2. The molecule has 2 N–H and O–H groups in total. The van der Waals surface area contributed by atoms with E-state index in [0.29, 0.717) is 11.4 Å². The second kappa shape index (κ2) is 8.40. The third-order valence-corrected chi connectivity index (χ3v) is 4.03. The summed E-state index contributed by atoms with van der Waals surface area (Å²) in [5.41, 5.74) is 1.29. The van der Waals surface area contributed by atoms with Gasteiger partial charge in [-0.1, -0.05) is 24.3 Å². The highest BCUT2D eigenvalue weighted by Gasteiger charge is 2.17. The standard InChI is InChI=1S/C18H20N2O3S/c1-12(18(22)20-15-9-5-7-11-17(15)24-3)23-16-10-6-4-8-14(16)19-13(2)21/h4-12H,1-3H3,(H,19,21)(H,20,22)/t12-/m1/s1. The molecule has 2 amide bonds. The average Bonchev–Trinajstić information content (AvgIpc) is 2.56. The second-order valence-corrected chi connectivity index (χ2v) is 5.98. The molecule has 0 heterocycles. The van der Waals surface area contributed by atoms with Crippen LogP contribution < -0.4 is 15.4 Å². The van der Waals surface area contributed by atoms with E-state index in [4.69, 9.17) is 4.74 Å². The van der Waals surface area contributed by atoms with Gasteiger partial charge in [0.15, 0.2) is 6.10 Å². The van der Waals surface area contributed by atoms with Gasteiger partial charge < -0.3 is 15.4 Å². The van der Waals surface area contributed by atoms with Gasteiger partial charge >= 0.3 is 0 Å². The van der Waals surface area contributed by atoms with E-state index in [0.717, 1.165) is 10.6 Å². The zero-order valence-corrected chi connectivity index (χ0v) is 14.6. The van der Waals surface area contributed by atoms with Crippen molar-refractivity contribution in [2.45, 2.75) is 24.8 Å². The van der Waals surface area contributed by atoms with Crippen LogP contribution in [0.25, 0.3) is 0 Å². The minimum atomic E-state index is -0.713. The van der Waals surface area contributed by atoms with Crippen molar-refractivity contribution in [2.24, 2.45) is 0 Å². The van der Waals surface area contributed by atoms with Gasteiger partial charge in [0.1, 0.15) is 5.75 Å². The summed E-state index contributed by atoms with van der Waals surface area (Å²) >= 11 is 1.56. The van der Waals surface area contributed by atoms with Crippen LogP contribution in [0, 0.1) is 0 Å². The molecule has 2 rings (SSSR count). The number of para-hydroxylation sites is 3. The molecule has 24 heavy (non-hydrogen) atoms. The Morgan fingerprint density at radius 1 is 1.00 bits per heavy atom. The molecule has 0 unspecified atom stereocenters. The Hall–Kier alpha value is -2.47. The van der Waals surface area contributed by atoms with Crippen LogP contribution in [0.1, 0.15) is 13.8 Å². The van der Waals surface area contributed by atoms with Crippen LogP contribution in [0.15, 0.2) is 53.4 Å². The fourth-order valence-corrected chi connectivity index (χ4v) is 2.64. The lowest BCUT2D eigenvalue weighted by Crippen LogP contribution is -2.30. The van der Waals surface area contributed by atoms with Crippen molar-refractivity contribution in [2.75, 3.05) is 16.9 Å². The minimum Gasteiger partial charge on any atom is -0.479 e. The van der Waals surface area contributed by atoms with Gasteiger partial charge in [-0.2, -0.15) is 0 Å². The topological polar surface area (TPSA) is 67.4 Å². The second-order valence-electron chi connectivity index (χ2n) is 5.13.